The molecule has 1 fully saturated rings. The summed E-state index contributed by atoms with van der Waals surface area (Å²) in [7, 11) is 0. The molecule has 1 heteroatoms. The Morgan fingerprint density at radius 2 is 1.73 bits per heavy atom. The first-order valence-electron chi connectivity index (χ1n) is 6.06. The summed E-state index contributed by atoms with van der Waals surface area (Å²) < 4.78 is 0. The molecule has 1 aromatic rings. The van der Waals surface area contributed by atoms with Crippen molar-refractivity contribution in [2.45, 2.75) is 51.0 Å². The van der Waals surface area contributed by atoms with E-state index in [0.29, 0.717) is 0 Å². The van der Waals surface area contributed by atoms with Gasteiger partial charge in [0.2, 0.25) is 0 Å². The summed E-state index contributed by atoms with van der Waals surface area (Å²) in [6.45, 7) is 2.19. The van der Waals surface area contributed by atoms with Crippen LogP contribution in [0.15, 0.2) is 24.3 Å². The molecular weight excluding hydrogens is 184 g/mol. The van der Waals surface area contributed by atoms with Crippen LogP contribution in [0.3, 0.4) is 0 Å². The largest absolute Gasteiger partial charge is 0.385 e. The van der Waals surface area contributed by atoms with Crippen LogP contribution in [0.1, 0.15) is 50.2 Å². The Morgan fingerprint density at radius 1 is 1.13 bits per heavy atom. The van der Waals surface area contributed by atoms with Gasteiger partial charge in [0.25, 0.3) is 0 Å². The second-order valence-electron chi connectivity index (χ2n) is 4.69. The van der Waals surface area contributed by atoms with Gasteiger partial charge in [-0.2, -0.15) is 0 Å². The Balaban J connectivity index is 2.15. The molecule has 0 unspecified atom stereocenters. The maximum Gasteiger partial charge on any atom is 0.0896 e. The lowest BCUT2D eigenvalue weighted by Gasteiger charge is -2.22. The van der Waals surface area contributed by atoms with Gasteiger partial charge in [0.15, 0.2) is 0 Å². The van der Waals surface area contributed by atoms with Gasteiger partial charge in [0, 0.05) is 0 Å². The van der Waals surface area contributed by atoms with Crippen molar-refractivity contribution in [3.8, 4) is 0 Å². The fourth-order valence-corrected chi connectivity index (χ4v) is 2.52. The van der Waals surface area contributed by atoms with Crippen LogP contribution >= 0.6 is 0 Å². The van der Waals surface area contributed by atoms with E-state index in [0.717, 1.165) is 37.7 Å². The molecule has 0 bridgehead atoms. The smallest absolute Gasteiger partial charge is 0.0896 e. The van der Waals surface area contributed by atoms with Gasteiger partial charge in [0.1, 0.15) is 0 Å². The van der Waals surface area contributed by atoms with Gasteiger partial charge >= 0.3 is 0 Å². The molecule has 0 spiro atoms. The third-order valence-electron chi connectivity index (χ3n) is 3.46. The highest BCUT2D eigenvalue weighted by Crippen LogP contribution is 2.38. The predicted octanol–water partition coefficient (Wildman–Crippen LogP) is 3.40. The van der Waals surface area contributed by atoms with Crippen molar-refractivity contribution in [3.05, 3.63) is 35.4 Å². The molecule has 0 aromatic heterocycles. The number of aliphatic hydroxyl groups is 1. The summed E-state index contributed by atoms with van der Waals surface area (Å²) >= 11 is 0. The zero-order chi connectivity index (χ0) is 10.7. The third-order valence-corrected chi connectivity index (χ3v) is 3.46. The Bertz CT molecular complexity index is 307. The minimum Gasteiger partial charge on any atom is -0.385 e. The number of aryl methyl sites for hydroxylation is 1. The van der Waals surface area contributed by atoms with E-state index in [4.69, 9.17) is 0 Å². The quantitative estimate of drug-likeness (QED) is 0.800. The average Bonchev–Trinajstić information content (AvgIpc) is 2.68. The van der Waals surface area contributed by atoms with E-state index < -0.39 is 5.60 Å². The summed E-state index contributed by atoms with van der Waals surface area (Å²) in [5, 5.41) is 10.4. The molecule has 1 aliphatic rings. The Labute approximate surface area is 92.1 Å². The highest BCUT2D eigenvalue weighted by Gasteiger charge is 2.32. The average molecular weight is 204 g/mol. The fourth-order valence-electron chi connectivity index (χ4n) is 2.52. The fraction of sp³-hybridized carbons (Fsp3) is 0.571. The lowest BCUT2D eigenvalue weighted by molar-refractivity contribution is 0.0444. The summed E-state index contributed by atoms with van der Waals surface area (Å²) in [5.74, 6) is 0. The third kappa shape index (κ3) is 2.23. The molecule has 82 valence electrons. The lowest BCUT2D eigenvalue weighted by Crippen LogP contribution is -2.20. The summed E-state index contributed by atoms with van der Waals surface area (Å²) in [6.07, 6.45) is 6.50. The first-order chi connectivity index (χ1) is 7.24. The van der Waals surface area contributed by atoms with Crippen molar-refractivity contribution < 1.29 is 5.11 Å². The SMILES string of the molecule is CCCc1ccc(C2(O)CCCC2)cc1. The van der Waals surface area contributed by atoms with E-state index in [1.54, 1.807) is 0 Å². The van der Waals surface area contributed by atoms with E-state index in [-0.39, 0.29) is 0 Å². The van der Waals surface area contributed by atoms with Gasteiger partial charge in [-0.3, -0.25) is 0 Å². The lowest BCUT2D eigenvalue weighted by atomic mass is 9.91. The minimum absolute atomic E-state index is 0.523. The van der Waals surface area contributed by atoms with Gasteiger partial charge < -0.3 is 5.11 Å². The predicted molar refractivity (Wildman–Crippen MR) is 62.8 cm³/mol. The van der Waals surface area contributed by atoms with Crippen molar-refractivity contribution in [2.24, 2.45) is 0 Å². The van der Waals surface area contributed by atoms with E-state index in [2.05, 4.69) is 31.2 Å². The molecule has 0 saturated heterocycles. The van der Waals surface area contributed by atoms with Crippen molar-refractivity contribution in [1.29, 1.82) is 0 Å². The van der Waals surface area contributed by atoms with Crippen molar-refractivity contribution >= 4 is 0 Å². The zero-order valence-corrected chi connectivity index (χ0v) is 9.50. The maximum atomic E-state index is 10.4. The molecule has 1 saturated carbocycles. The highest BCUT2D eigenvalue weighted by atomic mass is 16.3. The van der Waals surface area contributed by atoms with Crippen molar-refractivity contribution in [2.75, 3.05) is 0 Å². The molecule has 1 nitrogen and oxygen atoms in total. The maximum absolute atomic E-state index is 10.4. The molecule has 0 heterocycles. The molecule has 1 aromatic carbocycles. The molecule has 15 heavy (non-hydrogen) atoms. The Kier molecular flexibility index (Phi) is 3.11. The molecule has 0 radical (unpaired) electrons. The normalized spacial score (nSPS) is 19.3. The van der Waals surface area contributed by atoms with Gasteiger partial charge in [-0.15, -0.1) is 0 Å². The van der Waals surface area contributed by atoms with Crippen LogP contribution in [0.2, 0.25) is 0 Å². The molecule has 1 aliphatic carbocycles. The van der Waals surface area contributed by atoms with Crippen LogP contribution in [-0.4, -0.2) is 5.11 Å². The number of hydrogen-bond acceptors (Lipinski definition) is 1. The summed E-state index contributed by atoms with van der Waals surface area (Å²) in [6, 6.07) is 8.54. The first kappa shape index (κ1) is 10.7. The second-order valence-corrected chi connectivity index (χ2v) is 4.69. The van der Waals surface area contributed by atoms with Crippen LogP contribution in [0.4, 0.5) is 0 Å². The standard InChI is InChI=1S/C14H20O/c1-2-5-12-6-8-13(9-7-12)14(15)10-3-4-11-14/h6-9,15H,2-5,10-11H2,1H3. The number of benzene rings is 1. The highest BCUT2D eigenvalue weighted by molar-refractivity contribution is 5.28. The van der Waals surface area contributed by atoms with Crippen LogP contribution < -0.4 is 0 Å². The van der Waals surface area contributed by atoms with Crippen LogP contribution in [0, 0.1) is 0 Å². The topological polar surface area (TPSA) is 20.2 Å². The van der Waals surface area contributed by atoms with E-state index in [1.165, 1.54) is 12.0 Å². The van der Waals surface area contributed by atoms with Gasteiger partial charge in [-0.1, -0.05) is 50.5 Å². The molecule has 2 rings (SSSR count). The van der Waals surface area contributed by atoms with Gasteiger partial charge in [-0.05, 0) is 30.4 Å². The Morgan fingerprint density at radius 3 is 2.27 bits per heavy atom. The molecular formula is C14H20O. The monoisotopic (exact) mass is 204 g/mol. The molecule has 0 aliphatic heterocycles. The summed E-state index contributed by atoms with van der Waals surface area (Å²) in [4.78, 5) is 0. The van der Waals surface area contributed by atoms with Crippen molar-refractivity contribution in [3.63, 3.8) is 0 Å². The Hall–Kier alpha value is -0.820. The van der Waals surface area contributed by atoms with Crippen LogP contribution in [-0.2, 0) is 12.0 Å². The molecule has 1 N–H and O–H groups in total. The van der Waals surface area contributed by atoms with E-state index in [9.17, 15) is 5.11 Å². The van der Waals surface area contributed by atoms with E-state index >= 15 is 0 Å². The minimum atomic E-state index is -0.523. The van der Waals surface area contributed by atoms with Crippen LogP contribution in [0.5, 0.6) is 0 Å². The summed E-state index contributed by atoms with van der Waals surface area (Å²) in [5.41, 5.74) is 1.97. The first-order valence-corrected chi connectivity index (χ1v) is 6.06. The molecule has 0 atom stereocenters. The number of rotatable bonds is 3. The van der Waals surface area contributed by atoms with Gasteiger partial charge in [0.05, 0.1) is 5.60 Å². The molecule has 0 amide bonds. The number of hydrogen-bond donors (Lipinski definition) is 1. The second kappa shape index (κ2) is 4.36. The van der Waals surface area contributed by atoms with Crippen LogP contribution in [0.25, 0.3) is 0 Å². The van der Waals surface area contributed by atoms with E-state index in [1.807, 2.05) is 0 Å². The van der Waals surface area contributed by atoms with Crippen molar-refractivity contribution in [1.82, 2.24) is 0 Å². The van der Waals surface area contributed by atoms with Gasteiger partial charge in [-0.25, -0.2) is 0 Å². The zero-order valence-electron chi connectivity index (χ0n) is 9.50.